The van der Waals surface area contributed by atoms with Crippen molar-refractivity contribution in [3.63, 3.8) is 0 Å². The van der Waals surface area contributed by atoms with Gasteiger partial charge in [0.05, 0.1) is 6.04 Å². The number of nitrogens with zero attached hydrogens (tertiary/aromatic N) is 2. The van der Waals surface area contributed by atoms with Gasteiger partial charge < -0.3 is 5.32 Å². The molecule has 122 valence electrons. The normalized spacial score (nSPS) is 23.3. The van der Waals surface area contributed by atoms with Gasteiger partial charge in [-0.25, -0.2) is 5.01 Å². The van der Waals surface area contributed by atoms with E-state index in [1.807, 2.05) is 48.5 Å². The van der Waals surface area contributed by atoms with E-state index < -0.39 is 0 Å². The van der Waals surface area contributed by atoms with Gasteiger partial charge >= 0.3 is 0 Å². The highest BCUT2D eigenvalue weighted by molar-refractivity contribution is 5.98. The standard InChI is InChI=1S/C20H21N3O/c24-20(16-9-5-2-6-10-16)23-19(15-7-3-1-4-8-15)13-18(22-23)17-11-12-21-14-17/h1-10,17,19,21H,11-14H2. The topological polar surface area (TPSA) is 44.7 Å². The van der Waals surface area contributed by atoms with Crippen LogP contribution >= 0.6 is 0 Å². The van der Waals surface area contributed by atoms with Gasteiger partial charge in [-0.1, -0.05) is 48.5 Å². The minimum absolute atomic E-state index is 0.00509. The SMILES string of the molecule is O=C(c1ccccc1)N1N=C(C2CCNC2)CC1c1ccccc1. The molecule has 4 heteroatoms. The zero-order chi connectivity index (χ0) is 16.4. The van der Waals surface area contributed by atoms with Crippen molar-refractivity contribution in [3.05, 3.63) is 71.8 Å². The second kappa shape index (κ2) is 6.57. The molecule has 2 unspecified atom stereocenters. The van der Waals surface area contributed by atoms with E-state index in [0.29, 0.717) is 11.5 Å². The Balaban J connectivity index is 1.67. The third-order valence-corrected chi connectivity index (χ3v) is 4.88. The van der Waals surface area contributed by atoms with Crippen LogP contribution in [0.2, 0.25) is 0 Å². The van der Waals surface area contributed by atoms with E-state index >= 15 is 0 Å². The van der Waals surface area contributed by atoms with Gasteiger partial charge in [0.1, 0.15) is 0 Å². The average Bonchev–Trinajstić information content (AvgIpc) is 3.32. The van der Waals surface area contributed by atoms with Crippen molar-refractivity contribution in [2.45, 2.75) is 18.9 Å². The number of carbonyl (C=O) groups excluding carboxylic acids is 1. The summed E-state index contributed by atoms with van der Waals surface area (Å²) in [5.41, 5.74) is 2.98. The van der Waals surface area contributed by atoms with Gasteiger partial charge in [0.2, 0.25) is 0 Å². The first-order valence-corrected chi connectivity index (χ1v) is 8.54. The maximum atomic E-state index is 13.0. The highest BCUT2D eigenvalue weighted by atomic mass is 16.2. The number of hydrogen-bond acceptors (Lipinski definition) is 3. The maximum Gasteiger partial charge on any atom is 0.274 e. The van der Waals surface area contributed by atoms with Crippen LogP contribution in [0.3, 0.4) is 0 Å². The van der Waals surface area contributed by atoms with Gasteiger partial charge in [-0.3, -0.25) is 4.79 Å². The van der Waals surface area contributed by atoms with E-state index in [2.05, 4.69) is 17.4 Å². The number of carbonyl (C=O) groups is 1. The van der Waals surface area contributed by atoms with Crippen LogP contribution in [0, 0.1) is 5.92 Å². The van der Waals surface area contributed by atoms with Crippen LogP contribution in [0.25, 0.3) is 0 Å². The zero-order valence-corrected chi connectivity index (χ0v) is 13.6. The van der Waals surface area contributed by atoms with Gasteiger partial charge in [0.25, 0.3) is 5.91 Å². The van der Waals surface area contributed by atoms with E-state index in [9.17, 15) is 4.79 Å². The van der Waals surface area contributed by atoms with E-state index in [1.165, 1.54) is 0 Å². The summed E-state index contributed by atoms with van der Waals surface area (Å²) < 4.78 is 0. The Bertz CT molecular complexity index is 736. The summed E-state index contributed by atoms with van der Waals surface area (Å²) in [6.45, 7) is 2.00. The Morgan fingerprint density at radius 2 is 1.75 bits per heavy atom. The van der Waals surface area contributed by atoms with Crippen LogP contribution in [0.1, 0.15) is 34.8 Å². The number of hydrazone groups is 1. The first-order chi connectivity index (χ1) is 11.8. The molecule has 2 aromatic rings. The van der Waals surface area contributed by atoms with Gasteiger partial charge in [0.15, 0.2) is 0 Å². The lowest BCUT2D eigenvalue weighted by Crippen LogP contribution is -2.27. The summed E-state index contributed by atoms with van der Waals surface area (Å²) in [7, 11) is 0. The van der Waals surface area contributed by atoms with Crippen LogP contribution < -0.4 is 5.32 Å². The van der Waals surface area contributed by atoms with E-state index in [1.54, 1.807) is 5.01 Å². The van der Waals surface area contributed by atoms with Crippen molar-refractivity contribution in [3.8, 4) is 0 Å². The minimum Gasteiger partial charge on any atom is -0.316 e. The van der Waals surface area contributed by atoms with Gasteiger partial charge in [-0.05, 0) is 30.7 Å². The molecule has 1 N–H and O–H groups in total. The molecule has 0 radical (unpaired) electrons. The fraction of sp³-hybridized carbons (Fsp3) is 0.300. The second-order valence-corrected chi connectivity index (χ2v) is 6.43. The Morgan fingerprint density at radius 3 is 2.42 bits per heavy atom. The van der Waals surface area contributed by atoms with Crippen LogP contribution in [-0.2, 0) is 0 Å². The third kappa shape index (κ3) is 2.85. The molecular formula is C20H21N3O. The van der Waals surface area contributed by atoms with Crippen LogP contribution in [0.15, 0.2) is 65.8 Å². The van der Waals surface area contributed by atoms with Gasteiger partial charge in [0, 0.05) is 30.2 Å². The van der Waals surface area contributed by atoms with Crippen molar-refractivity contribution in [1.29, 1.82) is 0 Å². The van der Waals surface area contributed by atoms with Crippen molar-refractivity contribution >= 4 is 11.6 Å². The van der Waals surface area contributed by atoms with Gasteiger partial charge in [-0.15, -0.1) is 0 Å². The quantitative estimate of drug-likeness (QED) is 0.944. The Morgan fingerprint density at radius 1 is 1.04 bits per heavy atom. The Kier molecular flexibility index (Phi) is 4.13. The van der Waals surface area contributed by atoms with Crippen LogP contribution in [0.5, 0.6) is 0 Å². The molecule has 0 saturated carbocycles. The number of amides is 1. The monoisotopic (exact) mass is 319 g/mol. The van der Waals surface area contributed by atoms with Crippen molar-refractivity contribution in [2.24, 2.45) is 11.0 Å². The molecule has 1 amide bonds. The molecule has 24 heavy (non-hydrogen) atoms. The molecule has 2 heterocycles. The summed E-state index contributed by atoms with van der Waals surface area (Å²) in [6.07, 6.45) is 1.93. The number of nitrogens with one attached hydrogen (secondary N) is 1. The van der Waals surface area contributed by atoms with E-state index in [0.717, 1.165) is 37.2 Å². The molecule has 0 aromatic heterocycles. The van der Waals surface area contributed by atoms with Crippen molar-refractivity contribution in [1.82, 2.24) is 10.3 Å². The molecule has 2 aromatic carbocycles. The fourth-order valence-electron chi connectivity index (χ4n) is 3.56. The molecule has 4 nitrogen and oxygen atoms in total. The molecule has 0 aliphatic carbocycles. The zero-order valence-electron chi connectivity index (χ0n) is 13.6. The molecule has 2 atom stereocenters. The predicted molar refractivity (Wildman–Crippen MR) is 94.8 cm³/mol. The maximum absolute atomic E-state index is 13.0. The molecule has 1 fully saturated rings. The number of rotatable bonds is 3. The second-order valence-electron chi connectivity index (χ2n) is 6.43. The van der Waals surface area contributed by atoms with E-state index in [-0.39, 0.29) is 11.9 Å². The Hall–Kier alpha value is -2.46. The average molecular weight is 319 g/mol. The highest BCUT2D eigenvalue weighted by Gasteiger charge is 2.36. The lowest BCUT2D eigenvalue weighted by atomic mass is 9.94. The number of hydrogen-bond donors (Lipinski definition) is 1. The summed E-state index contributed by atoms with van der Waals surface area (Å²) in [4.78, 5) is 13.0. The molecule has 1 saturated heterocycles. The smallest absolute Gasteiger partial charge is 0.274 e. The van der Waals surface area contributed by atoms with Crippen molar-refractivity contribution in [2.75, 3.05) is 13.1 Å². The molecule has 4 rings (SSSR count). The summed E-state index contributed by atoms with van der Waals surface area (Å²) in [5.74, 6) is 0.426. The van der Waals surface area contributed by atoms with Crippen molar-refractivity contribution < 1.29 is 4.79 Å². The molecule has 2 aliphatic heterocycles. The molecule has 0 bridgehead atoms. The van der Waals surface area contributed by atoms with E-state index in [4.69, 9.17) is 5.10 Å². The minimum atomic E-state index is -0.0228. The van der Waals surface area contributed by atoms with Crippen LogP contribution in [-0.4, -0.2) is 29.7 Å². The van der Waals surface area contributed by atoms with Gasteiger partial charge in [-0.2, -0.15) is 5.10 Å². The predicted octanol–water partition coefficient (Wildman–Crippen LogP) is 3.24. The molecule has 0 spiro atoms. The molecule has 2 aliphatic rings. The first-order valence-electron chi connectivity index (χ1n) is 8.54. The number of benzene rings is 2. The Labute approximate surface area is 142 Å². The summed E-state index contributed by atoms with van der Waals surface area (Å²) in [5, 5.41) is 9.85. The third-order valence-electron chi connectivity index (χ3n) is 4.88. The fourth-order valence-corrected chi connectivity index (χ4v) is 3.56. The lowest BCUT2D eigenvalue weighted by Gasteiger charge is -2.22. The highest BCUT2D eigenvalue weighted by Crippen LogP contribution is 2.34. The lowest BCUT2D eigenvalue weighted by molar-refractivity contribution is 0.0711. The summed E-state index contributed by atoms with van der Waals surface area (Å²) >= 11 is 0. The largest absolute Gasteiger partial charge is 0.316 e. The summed E-state index contributed by atoms with van der Waals surface area (Å²) in [6, 6.07) is 19.6. The first kappa shape index (κ1) is 15.1. The van der Waals surface area contributed by atoms with Crippen LogP contribution in [0.4, 0.5) is 0 Å². The molecular weight excluding hydrogens is 298 g/mol.